The molecule has 0 radical (unpaired) electrons. The lowest BCUT2D eigenvalue weighted by atomic mass is 9.90. The van der Waals surface area contributed by atoms with Crippen molar-refractivity contribution in [3.63, 3.8) is 0 Å². The highest BCUT2D eigenvalue weighted by Gasteiger charge is 2.34. The molecule has 1 aliphatic carbocycles. The van der Waals surface area contributed by atoms with Gasteiger partial charge in [-0.3, -0.25) is 9.89 Å². The van der Waals surface area contributed by atoms with Crippen molar-refractivity contribution >= 4 is 50.2 Å². The van der Waals surface area contributed by atoms with Gasteiger partial charge in [-0.2, -0.15) is 50.5 Å². The van der Waals surface area contributed by atoms with Crippen LogP contribution in [0.15, 0.2) is 24.4 Å². The van der Waals surface area contributed by atoms with E-state index in [0.717, 1.165) is 6.07 Å². The number of aromatic amines is 1. The van der Waals surface area contributed by atoms with Crippen LogP contribution in [0.4, 0.5) is 18.9 Å². The predicted molar refractivity (Wildman–Crippen MR) is 118 cm³/mol. The van der Waals surface area contributed by atoms with Crippen molar-refractivity contribution in [1.29, 1.82) is 5.26 Å². The second-order valence-corrected chi connectivity index (χ2v) is 7.01. The monoisotopic (exact) mass is 479 g/mol. The molecule has 6 nitrogen and oxygen atoms in total. The number of benzene rings is 1. The number of hydrogen-bond donors (Lipinski definition) is 3. The van der Waals surface area contributed by atoms with Crippen LogP contribution in [0.5, 0.6) is 0 Å². The van der Waals surface area contributed by atoms with Gasteiger partial charge >= 0.3 is 6.18 Å². The van der Waals surface area contributed by atoms with Crippen molar-refractivity contribution < 1.29 is 18.0 Å². The van der Waals surface area contributed by atoms with Gasteiger partial charge in [0.15, 0.2) is 0 Å². The first-order valence-corrected chi connectivity index (χ1v) is 9.03. The minimum atomic E-state index is -4.58. The number of hydrogen-bond acceptors (Lipinski definition) is 4. The highest BCUT2D eigenvalue weighted by atomic mass is 35.5. The Morgan fingerprint density at radius 1 is 1.20 bits per heavy atom. The summed E-state index contributed by atoms with van der Waals surface area (Å²) in [4.78, 5) is 12.2. The Morgan fingerprint density at radius 3 is 2.37 bits per heavy atom. The maximum Gasteiger partial charge on any atom is 0.417 e. The van der Waals surface area contributed by atoms with Crippen molar-refractivity contribution in [2.45, 2.75) is 43.9 Å². The van der Waals surface area contributed by atoms with E-state index in [-0.39, 0.29) is 55.7 Å². The van der Waals surface area contributed by atoms with Crippen LogP contribution < -0.4 is 10.6 Å². The molecule has 12 heteroatoms. The first kappa shape index (κ1) is 26.0. The molecule has 1 aliphatic rings. The minimum Gasteiger partial charge on any atom is -0.382 e. The summed E-state index contributed by atoms with van der Waals surface area (Å²) in [5.74, 6) is -0.308. The van der Waals surface area contributed by atoms with Crippen molar-refractivity contribution in [1.82, 2.24) is 15.5 Å². The fourth-order valence-corrected chi connectivity index (χ4v) is 3.46. The maximum absolute atomic E-state index is 13.1. The van der Waals surface area contributed by atoms with Crippen LogP contribution >= 0.6 is 38.6 Å². The Hall–Kier alpha value is -2.03. The third kappa shape index (κ3) is 6.23. The summed E-state index contributed by atoms with van der Waals surface area (Å²) < 4.78 is 39.2. The lowest BCUT2D eigenvalue weighted by Crippen LogP contribution is -2.40. The molecule has 0 aliphatic heterocycles. The summed E-state index contributed by atoms with van der Waals surface area (Å²) in [7, 11) is 0. The van der Waals surface area contributed by atoms with E-state index in [4.69, 9.17) is 16.9 Å². The average Bonchev–Trinajstić information content (AvgIpc) is 3.08. The molecule has 1 fully saturated rings. The van der Waals surface area contributed by atoms with E-state index >= 15 is 0 Å². The fraction of sp³-hybridized carbons (Fsp3) is 0.389. The number of H-pyrrole nitrogens is 1. The number of nitriles is 1. The molecule has 2 aromatic rings. The van der Waals surface area contributed by atoms with Gasteiger partial charge in [-0.1, -0.05) is 11.6 Å². The Balaban J connectivity index is 0.00000225. The van der Waals surface area contributed by atoms with Crippen LogP contribution in [0.25, 0.3) is 0 Å². The normalized spacial score (nSPS) is 18.4. The number of anilines is 1. The molecule has 0 bridgehead atoms. The number of nitrogens with one attached hydrogen (secondary N) is 3. The molecule has 0 spiro atoms. The van der Waals surface area contributed by atoms with Crippen LogP contribution in [0, 0.1) is 11.3 Å². The summed E-state index contributed by atoms with van der Waals surface area (Å²) >= 11 is 5.84. The van der Waals surface area contributed by atoms with Crippen LogP contribution in [0.3, 0.4) is 0 Å². The van der Waals surface area contributed by atoms with Crippen molar-refractivity contribution in [2.75, 3.05) is 5.32 Å². The van der Waals surface area contributed by atoms with Gasteiger partial charge in [-0.25, -0.2) is 0 Å². The third-order valence-electron chi connectivity index (χ3n) is 4.72. The Morgan fingerprint density at radius 2 is 1.83 bits per heavy atom. The molecule has 1 heterocycles. The van der Waals surface area contributed by atoms with Gasteiger partial charge < -0.3 is 10.6 Å². The van der Waals surface area contributed by atoms with E-state index in [0.29, 0.717) is 31.4 Å². The van der Waals surface area contributed by atoms with Gasteiger partial charge in [-0.15, -0.1) is 0 Å². The van der Waals surface area contributed by atoms with Crippen LogP contribution in [-0.4, -0.2) is 28.2 Å². The molecular formula is C18H21ClF3N5OS2. The summed E-state index contributed by atoms with van der Waals surface area (Å²) in [6, 6.07) is 5.13. The lowest BCUT2D eigenvalue weighted by Gasteiger charge is -2.30. The van der Waals surface area contributed by atoms with Gasteiger partial charge in [0.2, 0.25) is 0 Å². The van der Waals surface area contributed by atoms with Gasteiger partial charge in [-0.05, 0) is 43.9 Å². The number of alkyl halides is 3. The Labute approximate surface area is 190 Å². The molecule has 3 rings (SSSR count). The van der Waals surface area contributed by atoms with E-state index in [1.165, 1.54) is 18.3 Å². The minimum absolute atomic E-state index is 0. The van der Waals surface area contributed by atoms with E-state index < -0.39 is 17.3 Å². The number of rotatable bonds is 4. The Kier molecular flexibility index (Phi) is 9.39. The summed E-state index contributed by atoms with van der Waals surface area (Å²) in [5, 5.41) is 21.2. The van der Waals surface area contributed by atoms with E-state index in [2.05, 4.69) is 20.8 Å². The van der Waals surface area contributed by atoms with E-state index in [1.807, 2.05) is 0 Å². The standard InChI is InChI=1S/C18H17ClF3N5O.2H2S/c19-16-14(9-24-27-16)17(28)26-12-5-3-11(4-6-12)25-13-2-1-10(8-23)15(7-13)18(20,21)22;;/h1-2,7,9,11-12,25H,3-6H2,(H,24,27)(H,26,28);2*1H2. The van der Waals surface area contributed by atoms with Gasteiger partial charge in [0.25, 0.3) is 5.91 Å². The first-order chi connectivity index (χ1) is 13.3. The van der Waals surface area contributed by atoms with Gasteiger partial charge in [0.1, 0.15) is 5.15 Å². The Bertz CT molecular complexity index is 908. The van der Waals surface area contributed by atoms with Crippen LogP contribution in [-0.2, 0) is 6.18 Å². The zero-order valence-corrected chi connectivity index (χ0v) is 18.4. The fourth-order valence-electron chi connectivity index (χ4n) is 3.28. The first-order valence-electron chi connectivity index (χ1n) is 8.65. The summed E-state index contributed by atoms with van der Waals surface area (Å²) in [5.41, 5.74) is -0.747. The zero-order valence-electron chi connectivity index (χ0n) is 15.6. The van der Waals surface area contributed by atoms with Crippen LogP contribution in [0.1, 0.15) is 47.2 Å². The highest BCUT2D eigenvalue weighted by Crippen LogP contribution is 2.34. The number of halogens is 4. The predicted octanol–water partition coefficient (Wildman–Crippen LogP) is 4.33. The largest absolute Gasteiger partial charge is 0.417 e. The molecule has 1 aromatic carbocycles. The number of carbonyl (C=O) groups is 1. The van der Waals surface area contributed by atoms with Gasteiger partial charge in [0.05, 0.1) is 29.0 Å². The van der Waals surface area contributed by atoms with Crippen molar-refractivity contribution in [3.05, 3.63) is 46.2 Å². The lowest BCUT2D eigenvalue weighted by molar-refractivity contribution is -0.137. The molecule has 1 saturated carbocycles. The van der Waals surface area contributed by atoms with Crippen LogP contribution in [0.2, 0.25) is 5.15 Å². The number of nitrogens with zero attached hydrogens (tertiary/aromatic N) is 2. The number of amides is 1. The second kappa shape index (κ2) is 10.8. The SMILES string of the molecule is N#Cc1ccc(NC2CCC(NC(=O)c3cn[nH]c3Cl)CC2)cc1C(F)(F)F.S.S. The van der Waals surface area contributed by atoms with Crippen molar-refractivity contribution in [3.8, 4) is 6.07 Å². The average molecular weight is 480 g/mol. The van der Waals surface area contributed by atoms with Gasteiger partial charge in [0, 0.05) is 17.8 Å². The molecule has 164 valence electrons. The number of carbonyl (C=O) groups excluding carboxylic acids is 1. The molecular weight excluding hydrogens is 459 g/mol. The molecule has 1 amide bonds. The smallest absolute Gasteiger partial charge is 0.382 e. The molecule has 1 aromatic heterocycles. The molecule has 3 N–H and O–H groups in total. The van der Waals surface area contributed by atoms with E-state index in [1.54, 1.807) is 6.07 Å². The third-order valence-corrected chi connectivity index (χ3v) is 5.00. The molecule has 30 heavy (non-hydrogen) atoms. The van der Waals surface area contributed by atoms with Crippen molar-refractivity contribution in [2.24, 2.45) is 0 Å². The quantitative estimate of drug-likeness (QED) is 0.608. The maximum atomic E-state index is 13.1. The zero-order chi connectivity index (χ0) is 20.3. The second-order valence-electron chi connectivity index (χ2n) is 6.63. The molecule has 0 atom stereocenters. The summed E-state index contributed by atoms with van der Waals surface area (Å²) in [6.45, 7) is 0. The highest BCUT2D eigenvalue weighted by molar-refractivity contribution is 7.59. The van der Waals surface area contributed by atoms with E-state index in [9.17, 15) is 18.0 Å². The number of aromatic nitrogens is 2. The summed E-state index contributed by atoms with van der Waals surface area (Å²) in [6.07, 6.45) is -0.494. The molecule has 0 saturated heterocycles. The topological polar surface area (TPSA) is 93.6 Å². The molecule has 0 unspecified atom stereocenters.